The van der Waals surface area contributed by atoms with Gasteiger partial charge < -0.3 is 20.1 Å². The van der Waals surface area contributed by atoms with Crippen molar-refractivity contribution in [1.82, 2.24) is 4.90 Å². The molecule has 1 aromatic rings. The zero-order valence-corrected chi connectivity index (χ0v) is 12.6. The summed E-state index contributed by atoms with van der Waals surface area (Å²) in [5.74, 6) is 1.42. The highest BCUT2D eigenvalue weighted by Gasteiger charge is 2.25. The lowest BCUT2D eigenvalue weighted by atomic mass is 10.1. The summed E-state index contributed by atoms with van der Waals surface area (Å²) in [6, 6.07) is 5.61. The second-order valence-corrected chi connectivity index (χ2v) is 4.71. The number of likely N-dealkylation sites (tertiary alicyclic amines) is 1. The van der Waals surface area contributed by atoms with E-state index in [1.54, 1.807) is 19.1 Å². The summed E-state index contributed by atoms with van der Waals surface area (Å²) < 4.78 is 10.6. The lowest BCUT2D eigenvalue weighted by Crippen LogP contribution is -2.33. The Kier molecular flexibility index (Phi) is 6.10. The van der Waals surface area contributed by atoms with Gasteiger partial charge in [-0.05, 0) is 18.6 Å². The van der Waals surface area contributed by atoms with E-state index in [-0.39, 0.29) is 30.8 Å². The maximum Gasteiger partial charge on any atom is 0.227 e. The highest BCUT2D eigenvalue weighted by atomic mass is 35.5. The molecule has 0 unspecified atom stereocenters. The minimum Gasteiger partial charge on any atom is -0.496 e. The number of benzene rings is 1. The number of amides is 1. The van der Waals surface area contributed by atoms with Crippen molar-refractivity contribution in [3.8, 4) is 11.5 Å². The average Bonchev–Trinajstić information content (AvgIpc) is 2.85. The van der Waals surface area contributed by atoms with E-state index < -0.39 is 0 Å². The van der Waals surface area contributed by atoms with Gasteiger partial charge in [0.15, 0.2) is 0 Å². The van der Waals surface area contributed by atoms with Crippen LogP contribution < -0.4 is 15.2 Å². The van der Waals surface area contributed by atoms with Gasteiger partial charge in [-0.1, -0.05) is 6.07 Å². The van der Waals surface area contributed by atoms with Crippen molar-refractivity contribution in [2.75, 3.05) is 27.3 Å². The van der Waals surface area contributed by atoms with Gasteiger partial charge in [-0.2, -0.15) is 0 Å². The Morgan fingerprint density at radius 3 is 2.40 bits per heavy atom. The molecule has 1 saturated heterocycles. The zero-order valence-electron chi connectivity index (χ0n) is 11.8. The lowest BCUT2D eigenvalue weighted by molar-refractivity contribution is -0.129. The van der Waals surface area contributed by atoms with Gasteiger partial charge in [0.25, 0.3) is 0 Å². The third-order valence-electron chi connectivity index (χ3n) is 3.44. The lowest BCUT2D eigenvalue weighted by Gasteiger charge is -2.18. The molecule has 2 N–H and O–H groups in total. The summed E-state index contributed by atoms with van der Waals surface area (Å²) in [4.78, 5) is 14.1. The fraction of sp³-hybridized carbons (Fsp3) is 0.500. The number of nitrogens with two attached hydrogens (primary N) is 1. The van der Waals surface area contributed by atoms with Crippen LogP contribution in [-0.2, 0) is 11.2 Å². The Labute approximate surface area is 125 Å². The van der Waals surface area contributed by atoms with Crippen LogP contribution in [0.2, 0.25) is 0 Å². The minimum atomic E-state index is 0. The van der Waals surface area contributed by atoms with Gasteiger partial charge >= 0.3 is 0 Å². The molecule has 1 aliphatic heterocycles. The number of nitrogens with zero attached hydrogens (tertiary/aromatic N) is 1. The SMILES string of the molecule is COc1cccc(OC)c1CC(=O)N1CC[C@@H](N)C1.Cl. The van der Waals surface area contributed by atoms with Crippen molar-refractivity contribution >= 4 is 18.3 Å². The second kappa shape index (κ2) is 7.36. The van der Waals surface area contributed by atoms with E-state index in [9.17, 15) is 4.79 Å². The molecule has 1 aromatic carbocycles. The zero-order chi connectivity index (χ0) is 13.8. The van der Waals surface area contributed by atoms with Gasteiger partial charge in [-0.15, -0.1) is 12.4 Å². The van der Waals surface area contributed by atoms with Crippen molar-refractivity contribution in [2.24, 2.45) is 5.73 Å². The monoisotopic (exact) mass is 300 g/mol. The maximum atomic E-state index is 12.3. The van der Waals surface area contributed by atoms with Crippen LogP contribution >= 0.6 is 12.4 Å². The molecule has 20 heavy (non-hydrogen) atoms. The molecular weight excluding hydrogens is 280 g/mol. The number of carbonyl (C=O) groups excluding carboxylic acids is 1. The first-order valence-corrected chi connectivity index (χ1v) is 6.39. The van der Waals surface area contributed by atoms with Crippen molar-refractivity contribution in [3.05, 3.63) is 23.8 Å². The summed E-state index contributed by atoms with van der Waals surface area (Å²) >= 11 is 0. The first-order valence-electron chi connectivity index (χ1n) is 6.39. The molecule has 0 radical (unpaired) electrons. The van der Waals surface area contributed by atoms with Crippen LogP contribution in [0.25, 0.3) is 0 Å². The standard InChI is InChI=1S/C14H20N2O3.ClH/c1-18-12-4-3-5-13(19-2)11(12)8-14(17)16-7-6-10(15)9-16;/h3-5,10H,6-9,15H2,1-2H3;1H/t10-;/m1./s1. The average molecular weight is 301 g/mol. The van der Waals surface area contributed by atoms with Crippen molar-refractivity contribution < 1.29 is 14.3 Å². The number of hydrogen-bond donors (Lipinski definition) is 1. The predicted molar refractivity (Wildman–Crippen MR) is 79.7 cm³/mol. The third kappa shape index (κ3) is 3.55. The number of carbonyl (C=O) groups is 1. The molecule has 5 nitrogen and oxygen atoms in total. The largest absolute Gasteiger partial charge is 0.496 e. The van der Waals surface area contributed by atoms with Crippen LogP contribution in [0.4, 0.5) is 0 Å². The Morgan fingerprint density at radius 1 is 1.35 bits per heavy atom. The molecule has 0 aliphatic carbocycles. The molecule has 1 aliphatic rings. The summed E-state index contributed by atoms with van der Waals surface area (Å²) in [7, 11) is 3.18. The first-order chi connectivity index (χ1) is 9.15. The van der Waals surface area contributed by atoms with Crippen molar-refractivity contribution in [2.45, 2.75) is 18.9 Å². The van der Waals surface area contributed by atoms with E-state index in [0.29, 0.717) is 18.0 Å². The van der Waals surface area contributed by atoms with Gasteiger partial charge in [0.05, 0.1) is 20.6 Å². The summed E-state index contributed by atoms with van der Waals surface area (Å²) in [6.45, 7) is 1.37. The summed E-state index contributed by atoms with van der Waals surface area (Å²) in [5.41, 5.74) is 6.61. The molecule has 0 saturated carbocycles. The molecular formula is C14H21ClN2O3. The number of methoxy groups -OCH3 is 2. The van der Waals surface area contributed by atoms with Crippen LogP contribution in [0.1, 0.15) is 12.0 Å². The van der Waals surface area contributed by atoms with Crippen LogP contribution in [-0.4, -0.2) is 44.2 Å². The van der Waals surface area contributed by atoms with E-state index in [4.69, 9.17) is 15.2 Å². The Morgan fingerprint density at radius 2 is 1.95 bits per heavy atom. The Bertz CT molecular complexity index is 445. The Balaban J connectivity index is 0.00000200. The van der Waals surface area contributed by atoms with Gasteiger partial charge in [0, 0.05) is 24.7 Å². The van der Waals surface area contributed by atoms with E-state index in [1.165, 1.54) is 0 Å². The molecule has 1 fully saturated rings. The van der Waals surface area contributed by atoms with Gasteiger partial charge in [0.1, 0.15) is 11.5 Å². The number of rotatable bonds is 4. The van der Waals surface area contributed by atoms with Crippen LogP contribution in [0.3, 0.4) is 0 Å². The predicted octanol–water partition coefficient (Wildman–Crippen LogP) is 1.23. The normalized spacial score (nSPS) is 17.6. The van der Waals surface area contributed by atoms with Gasteiger partial charge in [0.2, 0.25) is 5.91 Å². The summed E-state index contributed by atoms with van der Waals surface area (Å²) in [5, 5.41) is 0. The minimum absolute atomic E-state index is 0. The molecule has 0 aromatic heterocycles. The molecule has 6 heteroatoms. The maximum absolute atomic E-state index is 12.3. The molecule has 1 amide bonds. The third-order valence-corrected chi connectivity index (χ3v) is 3.44. The highest BCUT2D eigenvalue weighted by Crippen LogP contribution is 2.29. The number of halogens is 1. The molecule has 112 valence electrons. The highest BCUT2D eigenvalue weighted by molar-refractivity contribution is 5.85. The summed E-state index contributed by atoms with van der Waals surface area (Å²) in [6.07, 6.45) is 1.15. The quantitative estimate of drug-likeness (QED) is 0.908. The van der Waals surface area contributed by atoms with Crippen molar-refractivity contribution in [3.63, 3.8) is 0 Å². The van der Waals surface area contributed by atoms with E-state index in [1.807, 2.05) is 18.2 Å². The molecule has 0 bridgehead atoms. The molecule has 0 spiro atoms. The van der Waals surface area contributed by atoms with Crippen LogP contribution in [0.5, 0.6) is 11.5 Å². The number of hydrogen-bond acceptors (Lipinski definition) is 4. The van der Waals surface area contributed by atoms with E-state index >= 15 is 0 Å². The fourth-order valence-corrected chi connectivity index (χ4v) is 2.38. The smallest absolute Gasteiger partial charge is 0.227 e. The molecule has 1 atom stereocenters. The second-order valence-electron chi connectivity index (χ2n) is 4.71. The number of ether oxygens (including phenoxy) is 2. The molecule has 1 heterocycles. The van der Waals surface area contributed by atoms with Gasteiger partial charge in [-0.25, -0.2) is 0 Å². The Hall–Kier alpha value is -1.46. The topological polar surface area (TPSA) is 64.8 Å². The van der Waals surface area contributed by atoms with Crippen molar-refractivity contribution in [1.29, 1.82) is 0 Å². The first kappa shape index (κ1) is 16.6. The van der Waals surface area contributed by atoms with Crippen LogP contribution in [0.15, 0.2) is 18.2 Å². The molecule has 2 rings (SSSR count). The van der Waals surface area contributed by atoms with Gasteiger partial charge in [-0.3, -0.25) is 4.79 Å². The van der Waals surface area contributed by atoms with E-state index in [2.05, 4.69) is 0 Å². The van der Waals surface area contributed by atoms with Crippen LogP contribution in [0, 0.1) is 0 Å². The van der Waals surface area contributed by atoms with E-state index in [0.717, 1.165) is 18.5 Å². The fourth-order valence-electron chi connectivity index (χ4n) is 2.38.